The molecule has 222 valence electrons. The van der Waals surface area contributed by atoms with Crippen molar-refractivity contribution in [1.29, 1.82) is 0 Å². The van der Waals surface area contributed by atoms with Crippen LogP contribution in [0.4, 0.5) is 4.79 Å². The minimum Gasteiger partial charge on any atom is -0.465 e. The van der Waals surface area contributed by atoms with Gasteiger partial charge in [-0.1, -0.05) is 68.9 Å². The number of benzene rings is 1. The molecule has 0 bridgehead atoms. The largest absolute Gasteiger partial charge is 0.465 e. The highest BCUT2D eigenvalue weighted by molar-refractivity contribution is 6.38. The number of amides is 3. The van der Waals surface area contributed by atoms with Gasteiger partial charge in [0.05, 0.1) is 10.5 Å². The predicted octanol–water partition coefficient (Wildman–Crippen LogP) is 5.10. The monoisotopic (exact) mass is 606 g/mol. The van der Waals surface area contributed by atoms with Crippen LogP contribution in [-0.4, -0.2) is 49.7 Å². The maximum atomic E-state index is 14.3. The van der Waals surface area contributed by atoms with E-state index in [4.69, 9.17) is 27.7 Å². The summed E-state index contributed by atoms with van der Waals surface area (Å²) in [6.45, 7) is 9.31. The topological polar surface area (TPSA) is 162 Å². The van der Waals surface area contributed by atoms with Gasteiger partial charge in [0.2, 0.25) is 17.7 Å². The number of hydrogen-bond donors (Lipinski definition) is 5. The summed E-state index contributed by atoms with van der Waals surface area (Å²) in [5.41, 5.74) is 0.995. The smallest absolute Gasteiger partial charge is 0.405 e. The van der Waals surface area contributed by atoms with Gasteiger partial charge in [-0.05, 0) is 49.3 Å². The molecular weight excluding hydrogens is 571 g/mol. The first kappa shape index (κ1) is 30.6. The van der Waals surface area contributed by atoms with E-state index in [1.807, 2.05) is 20.8 Å². The molecule has 2 unspecified atom stereocenters. The van der Waals surface area contributed by atoms with Crippen LogP contribution in [0.5, 0.6) is 0 Å². The lowest BCUT2D eigenvalue weighted by atomic mass is 9.78. The standard InChI is InChI=1S/C28H36Cl2N6O5/c1-6-13(3)21(34-27(39)40)24(37)35-28(26(38)33-22(14(4)7-2)25-31-15(5)36-41-25)9-8-20-18(12-28)17-10-16(29)11-19(30)23(17)32-20/h10-11,13-14,21-22,32,34H,6-9,12H2,1-5H3,(H,33,38)(H,35,37)(H,39,40)/t13?,14?,21-,22-,28+/m0/s1. The molecule has 13 heteroatoms. The lowest BCUT2D eigenvalue weighted by Crippen LogP contribution is -2.65. The second-order valence-corrected chi connectivity index (χ2v) is 11.8. The number of nitrogens with zero attached hydrogens (tertiary/aromatic N) is 2. The number of H-pyrrole nitrogens is 1. The number of rotatable bonds is 10. The Kier molecular flexibility index (Phi) is 9.18. The molecule has 2 aromatic heterocycles. The quantitative estimate of drug-likeness (QED) is 0.214. The number of carboxylic acid groups (broad SMARTS) is 1. The minimum atomic E-state index is -1.42. The van der Waals surface area contributed by atoms with E-state index >= 15 is 0 Å². The van der Waals surface area contributed by atoms with Crippen molar-refractivity contribution >= 4 is 52.0 Å². The van der Waals surface area contributed by atoms with Crippen molar-refractivity contribution in [3.8, 4) is 0 Å². The zero-order valence-corrected chi connectivity index (χ0v) is 25.2. The summed E-state index contributed by atoms with van der Waals surface area (Å²) in [5.74, 6) is -0.665. The molecule has 1 aliphatic carbocycles. The molecule has 0 spiro atoms. The second-order valence-electron chi connectivity index (χ2n) is 11.0. The normalized spacial score (nSPS) is 19.6. The van der Waals surface area contributed by atoms with E-state index in [1.165, 1.54) is 0 Å². The van der Waals surface area contributed by atoms with Crippen LogP contribution >= 0.6 is 23.2 Å². The fourth-order valence-corrected chi connectivity index (χ4v) is 5.92. The van der Waals surface area contributed by atoms with E-state index in [0.29, 0.717) is 40.6 Å². The summed E-state index contributed by atoms with van der Waals surface area (Å²) < 4.78 is 5.43. The highest BCUT2D eigenvalue weighted by Gasteiger charge is 2.47. The van der Waals surface area contributed by atoms with E-state index in [2.05, 4.69) is 31.1 Å². The van der Waals surface area contributed by atoms with Crippen LogP contribution in [0.1, 0.15) is 76.0 Å². The summed E-state index contributed by atoms with van der Waals surface area (Å²) in [6, 6.07) is 1.77. The van der Waals surface area contributed by atoms with E-state index < -0.39 is 35.5 Å². The van der Waals surface area contributed by atoms with E-state index in [0.717, 1.165) is 16.6 Å². The van der Waals surface area contributed by atoms with Crippen molar-refractivity contribution < 1.29 is 24.0 Å². The number of fused-ring (bicyclic) bond motifs is 3. The molecule has 1 aliphatic rings. The fourth-order valence-electron chi connectivity index (χ4n) is 5.38. The van der Waals surface area contributed by atoms with Gasteiger partial charge in [-0.3, -0.25) is 9.59 Å². The minimum absolute atomic E-state index is 0.0575. The number of carbonyl (C=O) groups is 3. The molecule has 0 radical (unpaired) electrons. The zero-order chi connectivity index (χ0) is 30.1. The van der Waals surface area contributed by atoms with E-state index in [1.54, 1.807) is 26.0 Å². The molecule has 5 atom stereocenters. The molecule has 0 saturated heterocycles. The Bertz CT molecular complexity index is 1460. The van der Waals surface area contributed by atoms with Gasteiger partial charge >= 0.3 is 6.09 Å². The van der Waals surface area contributed by atoms with Gasteiger partial charge in [0.1, 0.15) is 17.6 Å². The molecule has 2 heterocycles. The molecule has 3 aromatic rings. The summed E-state index contributed by atoms with van der Waals surface area (Å²) >= 11 is 12.8. The Balaban J connectivity index is 1.77. The van der Waals surface area contributed by atoms with Gasteiger partial charge in [-0.15, -0.1) is 0 Å². The summed E-state index contributed by atoms with van der Waals surface area (Å²) in [6.07, 6.45) is 0.764. The average Bonchev–Trinajstić information content (AvgIpc) is 3.52. The first-order chi connectivity index (χ1) is 19.4. The SMILES string of the molecule is CCC(C)[C@H](NC(=O)O)C(=O)N[C@]1(C(=O)N[C@H](c2nc(C)no2)C(C)CC)CCc2[nH]c3c(Cl)cc(Cl)cc3c2C1. The Morgan fingerprint density at radius 3 is 2.46 bits per heavy atom. The van der Waals surface area contributed by atoms with Crippen LogP contribution in [-0.2, 0) is 22.4 Å². The number of carbonyl (C=O) groups excluding carboxylic acids is 2. The van der Waals surface area contributed by atoms with Crippen molar-refractivity contribution in [2.24, 2.45) is 11.8 Å². The third-order valence-electron chi connectivity index (χ3n) is 8.18. The van der Waals surface area contributed by atoms with Crippen molar-refractivity contribution in [3.05, 3.63) is 45.2 Å². The van der Waals surface area contributed by atoms with Crippen LogP contribution in [0.2, 0.25) is 10.0 Å². The Morgan fingerprint density at radius 2 is 1.85 bits per heavy atom. The maximum absolute atomic E-state index is 14.3. The molecule has 0 aliphatic heterocycles. The Hall–Kier alpha value is -3.31. The molecule has 0 saturated carbocycles. The summed E-state index contributed by atoms with van der Waals surface area (Å²) in [7, 11) is 0. The van der Waals surface area contributed by atoms with Gasteiger partial charge in [0.15, 0.2) is 5.82 Å². The molecule has 3 amide bonds. The first-order valence-corrected chi connectivity index (χ1v) is 14.6. The third kappa shape index (κ3) is 6.30. The Morgan fingerprint density at radius 1 is 1.15 bits per heavy atom. The molecule has 5 N–H and O–H groups in total. The van der Waals surface area contributed by atoms with Crippen LogP contribution in [0.25, 0.3) is 10.9 Å². The van der Waals surface area contributed by atoms with Crippen LogP contribution in [0.3, 0.4) is 0 Å². The molecule has 1 aromatic carbocycles. The molecular formula is C28H36Cl2N6O5. The van der Waals surface area contributed by atoms with Crippen molar-refractivity contribution in [1.82, 2.24) is 31.1 Å². The van der Waals surface area contributed by atoms with E-state index in [-0.39, 0.29) is 30.6 Å². The van der Waals surface area contributed by atoms with Gasteiger partial charge in [0.25, 0.3) is 0 Å². The maximum Gasteiger partial charge on any atom is 0.405 e. The average molecular weight is 608 g/mol. The summed E-state index contributed by atoms with van der Waals surface area (Å²) in [5, 5.41) is 23.4. The van der Waals surface area contributed by atoms with Crippen molar-refractivity contribution in [2.45, 2.75) is 84.3 Å². The number of aromatic amines is 1. The van der Waals surface area contributed by atoms with Crippen molar-refractivity contribution in [3.63, 3.8) is 0 Å². The molecule has 11 nitrogen and oxygen atoms in total. The number of aryl methyl sites for hydroxylation is 2. The van der Waals surface area contributed by atoms with Crippen molar-refractivity contribution in [2.75, 3.05) is 0 Å². The predicted molar refractivity (Wildman–Crippen MR) is 155 cm³/mol. The second kappa shape index (κ2) is 12.3. The third-order valence-corrected chi connectivity index (χ3v) is 8.70. The molecule has 4 rings (SSSR count). The van der Waals surface area contributed by atoms with E-state index in [9.17, 15) is 19.5 Å². The number of halogens is 2. The number of aromatic nitrogens is 3. The number of hydrogen-bond acceptors (Lipinski definition) is 6. The van der Waals surface area contributed by atoms with Gasteiger partial charge in [-0.25, -0.2) is 4.79 Å². The van der Waals surface area contributed by atoms with Crippen LogP contribution in [0, 0.1) is 18.8 Å². The highest BCUT2D eigenvalue weighted by Crippen LogP contribution is 2.39. The fraction of sp³-hybridized carbons (Fsp3) is 0.536. The number of nitrogens with one attached hydrogen (secondary N) is 4. The van der Waals surface area contributed by atoms with Gasteiger partial charge < -0.3 is 30.6 Å². The lowest BCUT2D eigenvalue weighted by molar-refractivity contribution is -0.136. The van der Waals surface area contributed by atoms with Gasteiger partial charge in [0, 0.05) is 22.5 Å². The zero-order valence-electron chi connectivity index (χ0n) is 23.7. The van der Waals surface area contributed by atoms with Gasteiger partial charge in [-0.2, -0.15) is 4.98 Å². The lowest BCUT2D eigenvalue weighted by Gasteiger charge is -2.39. The Labute approximate surface area is 248 Å². The van der Waals surface area contributed by atoms with Crippen LogP contribution in [0.15, 0.2) is 16.7 Å². The first-order valence-electron chi connectivity index (χ1n) is 13.8. The van der Waals surface area contributed by atoms with Crippen LogP contribution < -0.4 is 16.0 Å². The summed E-state index contributed by atoms with van der Waals surface area (Å²) in [4.78, 5) is 47.3. The molecule has 41 heavy (non-hydrogen) atoms. The highest BCUT2D eigenvalue weighted by atomic mass is 35.5. The molecule has 0 fully saturated rings.